The van der Waals surface area contributed by atoms with Crippen molar-refractivity contribution in [1.29, 1.82) is 0 Å². The van der Waals surface area contributed by atoms with E-state index in [1.165, 1.54) is 11.3 Å². The lowest BCUT2D eigenvalue weighted by molar-refractivity contribution is 0.690. The van der Waals surface area contributed by atoms with Gasteiger partial charge in [-0.05, 0) is 29.6 Å². The molecule has 4 nitrogen and oxygen atoms in total. The second kappa shape index (κ2) is 5.64. The van der Waals surface area contributed by atoms with Gasteiger partial charge in [-0.2, -0.15) is 0 Å². The van der Waals surface area contributed by atoms with E-state index in [1.807, 2.05) is 35.7 Å². The van der Waals surface area contributed by atoms with Crippen LogP contribution in [0.4, 0.5) is 5.69 Å². The predicted molar refractivity (Wildman–Crippen MR) is 83.8 cm³/mol. The van der Waals surface area contributed by atoms with Crippen molar-refractivity contribution in [1.82, 2.24) is 9.55 Å². The lowest BCUT2D eigenvalue weighted by Gasteiger charge is -2.08. The van der Waals surface area contributed by atoms with Gasteiger partial charge in [0, 0.05) is 23.8 Å². The Morgan fingerprint density at radius 2 is 2.25 bits per heavy atom. The van der Waals surface area contributed by atoms with E-state index >= 15 is 0 Å². The third-order valence-corrected chi connectivity index (χ3v) is 4.07. The van der Waals surface area contributed by atoms with Crippen molar-refractivity contribution in [3.63, 3.8) is 0 Å². The molecule has 0 aliphatic carbocycles. The van der Waals surface area contributed by atoms with Crippen molar-refractivity contribution in [2.45, 2.75) is 6.54 Å². The molecule has 1 N–H and O–H groups in total. The lowest BCUT2D eigenvalue weighted by atomic mass is 10.3. The quantitative estimate of drug-likeness (QED) is 0.805. The van der Waals surface area contributed by atoms with E-state index in [1.54, 1.807) is 10.9 Å². The number of anilines is 1. The number of halogens is 1. The Hall–Kier alpha value is -1.85. The first-order valence-corrected chi connectivity index (χ1v) is 7.42. The Bertz CT molecular complexity index is 796. The van der Waals surface area contributed by atoms with Crippen LogP contribution in [0.5, 0.6) is 0 Å². The van der Waals surface area contributed by atoms with Crippen LogP contribution in [-0.4, -0.2) is 16.1 Å². The minimum absolute atomic E-state index is 0.0119. The summed E-state index contributed by atoms with van der Waals surface area (Å²) in [5.74, 6) is 0. The monoisotopic (exact) mass is 305 g/mol. The summed E-state index contributed by atoms with van der Waals surface area (Å²) in [6.07, 6.45) is 1.59. The number of aromatic nitrogens is 2. The van der Waals surface area contributed by atoms with Crippen LogP contribution in [-0.2, 0) is 6.54 Å². The summed E-state index contributed by atoms with van der Waals surface area (Å²) >= 11 is 7.34. The Morgan fingerprint density at radius 1 is 1.35 bits per heavy atom. The molecule has 0 aliphatic heterocycles. The van der Waals surface area contributed by atoms with Gasteiger partial charge in [-0.25, -0.2) is 4.98 Å². The third kappa shape index (κ3) is 2.69. The van der Waals surface area contributed by atoms with Crippen LogP contribution in [0.2, 0.25) is 5.02 Å². The van der Waals surface area contributed by atoms with Crippen molar-refractivity contribution < 1.29 is 0 Å². The summed E-state index contributed by atoms with van der Waals surface area (Å²) in [4.78, 5) is 16.4. The summed E-state index contributed by atoms with van der Waals surface area (Å²) < 4.78 is 2.33. The van der Waals surface area contributed by atoms with E-state index in [4.69, 9.17) is 11.6 Å². The van der Waals surface area contributed by atoms with E-state index in [-0.39, 0.29) is 5.56 Å². The molecule has 0 spiro atoms. The Kier molecular flexibility index (Phi) is 3.71. The molecule has 0 saturated heterocycles. The van der Waals surface area contributed by atoms with Crippen LogP contribution >= 0.6 is 22.9 Å². The second-order valence-corrected chi connectivity index (χ2v) is 5.67. The summed E-state index contributed by atoms with van der Waals surface area (Å²) in [5, 5.41) is 5.81. The van der Waals surface area contributed by atoms with Crippen LogP contribution < -0.4 is 10.9 Å². The lowest BCUT2D eigenvalue weighted by Crippen LogP contribution is -2.23. The number of hydrogen-bond donors (Lipinski definition) is 1. The molecule has 1 aromatic carbocycles. The standard InChI is InChI=1S/C14H12ClN3OS/c15-10-2-1-3-11(8-10)16-5-6-18-9-17-12-4-7-20-13(12)14(18)19/h1-4,7-9,16H,5-6H2. The van der Waals surface area contributed by atoms with Gasteiger partial charge in [0.1, 0.15) is 4.70 Å². The number of hydrogen-bond acceptors (Lipinski definition) is 4. The Labute approximate surface area is 124 Å². The highest BCUT2D eigenvalue weighted by Crippen LogP contribution is 2.15. The summed E-state index contributed by atoms with van der Waals surface area (Å²) in [7, 11) is 0. The first-order chi connectivity index (χ1) is 9.74. The molecule has 102 valence electrons. The normalized spacial score (nSPS) is 10.8. The minimum Gasteiger partial charge on any atom is -0.383 e. The smallest absolute Gasteiger partial charge is 0.271 e. The Balaban J connectivity index is 1.71. The maximum atomic E-state index is 12.2. The van der Waals surface area contributed by atoms with Gasteiger partial charge in [0.05, 0.1) is 11.8 Å². The van der Waals surface area contributed by atoms with Gasteiger partial charge >= 0.3 is 0 Å². The molecule has 0 fully saturated rings. The average molecular weight is 306 g/mol. The molecule has 0 bridgehead atoms. The van der Waals surface area contributed by atoms with Gasteiger partial charge in [0.25, 0.3) is 5.56 Å². The predicted octanol–water partition coefficient (Wildman–Crippen LogP) is 3.22. The molecule has 20 heavy (non-hydrogen) atoms. The minimum atomic E-state index is 0.0119. The van der Waals surface area contributed by atoms with Crippen LogP contribution in [0.25, 0.3) is 10.2 Å². The van der Waals surface area contributed by atoms with Crippen molar-refractivity contribution in [3.8, 4) is 0 Å². The molecular formula is C14H12ClN3OS. The van der Waals surface area contributed by atoms with Crippen molar-refractivity contribution in [3.05, 3.63) is 57.4 Å². The van der Waals surface area contributed by atoms with Gasteiger partial charge < -0.3 is 5.32 Å². The summed E-state index contributed by atoms with van der Waals surface area (Å²) in [5.41, 5.74) is 1.72. The van der Waals surface area contributed by atoms with Crippen molar-refractivity contribution in [2.75, 3.05) is 11.9 Å². The zero-order chi connectivity index (χ0) is 13.9. The fourth-order valence-corrected chi connectivity index (χ4v) is 2.94. The number of nitrogens with one attached hydrogen (secondary N) is 1. The number of fused-ring (bicyclic) bond motifs is 1. The maximum Gasteiger partial charge on any atom is 0.271 e. The molecule has 0 atom stereocenters. The Morgan fingerprint density at radius 3 is 3.10 bits per heavy atom. The number of nitrogens with zero attached hydrogens (tertiary/aromatic N) is 2. The first-order valence-electron chi connectivity index (χ1n) is 6.16. The average Bonchev–Trinajstić information content (AvgIpc) is 2.91. The van der Waals surface area contributed by atoms with Crippen LogP contribution in [0.1, 0.15) is 0 Å². The van der Waals surface area contributed by atoms with Crippen molar-refractivity contribution >= 4 is 38.8 Å². The van der Waals surface area contributed by atoms with E-state index < -0.39 is 0 Å². The van der Waals surface area contributed by atoms with Gasteiger partial charge in [-0.3, -0.25) is 9.36 Å². The number of benzene rings is 1. The zero-order valence-electron chi connectivity index (χ0n) is 10.5. The molecule has 0 amide bonds. The van der Waals surface area contributed by atoms with E-state index in [0.717, 1.165) is 11.2 Å². The highest BCUT2D eigenvalue weighted by Gasteiger charge is 2.04. The number of rotatable bonds is 4. The topological polar surface area (TPSA) is 46.9 Å². The molecule has 3 aromatic rings. The highest BCUT2D eigenvalue weighted by molar-refractivity contribution is 7.17. The summed E-state index contributed by atoms with van der Waals surface area (Å²) in [6, 6.07) is 9.36. The van der Waals surface area contributed by atoms with Crippen molar-refractivity contribution in [2.24, 2.45) is 0 Å². The van der Waals surface area contributed by atoms with Gasteiger partial charge in [-0.15, -0.1) is 11.3 Å². The first kappa shape index (κ1) is 13.1. The summed E-state index contributed by atoms with van der Waals surface area (Å²) in [6.45, 7) is 1.20. The molecule has 0 unspecified atom stereocenters. The third-order valence-electron chi connectivity index (χ3n) is 2.94. The van der Waals surface area contributed by atoms with Gasteiger partial charge in [-0.1, -0.05) is 17.7 Å². The van der Waals surface area contributed by atoms with Crippen LogP contribution in [0.3, 0.4) is 0 Å². The highest BCUT2D eigenvalue weighted by atomic mass is 35.5. The van der Waals surface area contributed by atoms with E-state index in [9.17, 15) is 4.79 Å². The molecule has 3 rings (SSSR count). The van der Waals surface area contributed by atoms with Gasteiger partial charge in [0.2, 0.25) is 0 Å². The van der Waals surface area contributed by atoms with E-state index in [2.05, 4.69) is 10.3 Å². The molecule has 0 radical (unpaired) electrons. The second-order valence-electron chi connectivity index (χ2n) is 4.32. The van der Waals surface area contributed by atoms with E-state index in [0.29, 0.717) is 22.8 Å². The maximum absolute atomic E-state index is 12.2. The molecule has 0 aliphatic rings. The van der Waals surface area contributed by atoms with Crippen LogP contribution in [0.15, 0.2) is 46.8 Å². The fourth-order valence-electron chi connectivity index (χ4n) is 1.96. The molecule has 0 saturated carbocycles. The fraction of sp³-hybridized carbons (Fsp3) is 0.143. The van der Waals surface area contributed by atoms with Crippen LogP contribution in [0, 0.1) is 0 Å². The molecule has 6 heteroatoms. The molecule has 2 heterocycles. The zero-order valence-corrected chi connectivity index (χ0v) is 12.1. The molecular weight excluding hydrogens is 294 g/mol. The number of thiophene rings is 1. The largest absolute Gasteiger partial charge is 0.383 e. The molecule has 2 aromatic heterocycles. The van der Waals surface area contributed by atoms with Gasteiger partial charge in [0.15, 0.2) is 0 Å². The SMILES string of the molecule is O=c1c2sccc2ncn1CCNc1cccc(Cl)c1.